The van der Waals surface area contributed by atoms with Crippen LogP contribution >= 0.6 is 11.6 Å². The number of halogens is 4. The molecule has 0 aliphatic carbocycles. The van der Waals surface area contributed by atoms with E-state index in [0.717, 1.165) is 6.07 Å². The summed E-state index contributed by atoms with van der Waals surface area (Å²) in [5.41, 5.74) is -0.837. The SMILES string of the molecule is O=C(O)C(=O)NCCc1ncc(C(F)(F)F)cc1Cl. The fourth-order valence-corrected chi connectivity index (χ4v) is 1.44. The van der Waals surface area contributed by atoms with Crippen LogP contribution in [0, 0.1) is 0 Å². The second-order valence-electron chi connectivity index (χ2n) is 3.46. The Morgan fingerprint density at radius 2 is 2.05 bits per heavy atom. The maximum atomic E-state index is 12.3. The van der Waals surface area contributed by atoms with Gasteiger partial charge in [-0.1, -0.05) is 11.6 Å². The maximum absolute atomic E-state index is 12.3. The van der Waals surface area contributed by atoms with Crippen LogP contribution in [0.4, 0.5) is 13.2 Å². The summed E-state index contributed by atoms with van der Waals surface area (Å²) >= 11 is 5.62. The van der Waals surface area contributed by atoms with Gasteiger partial charge in [0.15, 0.2) is 0 Å². The maximum Gasteiger partial charge on any atom is 0.417 e. The summed E-state index contributed by atoms with van der Waals surface area (Å²) in [5.74, 6) is -2.85. The molecule has 5 nitrogen and oxygen atoms in total. The molecular weight excluding hydrogens is 289 g/mol. The zero-order chi connectivity index (χ0) is 14.6. The molecule has 9 heteroatoms. The first kappa shape index (κ1) is 15.2. The molecule has 2 N–H and O–H groups in total. The third-order valence-electron chi connectivity index (χ3n) is 2.09. The van der Waals surface area contributed by atoms with E-state index >= 15 is 0 Å². The molecular formula is C10H8ClF3N2O3. The summed E-state index contributed by atoms with van der Waals surface area (Å²) < 4.78 is 37.0. The van der Waals surface area contributed by atoms with Crippen LogP contribution in [0.5, 0.6) is 0 Å². The zero-order valence-corrected chi connectivity index (χ0v) is 10.0. The number of aromatic nitrogens is 1. The number of pyridine rings is 1. The summed E-state index contributed by atoms with van der Waals surface area (Å²) in [4.78, 5) is 24.4. The standard InChI is InChI=1S/C10H8ClF3N2O3/c11-6-3-5(10(12,13)14)4-16-7(6)1-2-15-8(17)9(18)19/h3-4H,1-2H2,(H,15,17)(H,18,19). The van der Waals surface area contributed by atoms with Crippen molar-refractivity contribution in [2.45, 2.75) is 12.6 Å². The number of hydrogen-bond acceptors (Lipinski definition) is 3. The number of aliphatic carboxylic acids is 1. The molecule has 1 aromatic rings. The Hall–Kier alpha value is -1.83. The van der Waals surface area contributed by atoms with Crippen LogP contribution in [0.1, 0.15) is 11.3 Å². The van der Waals surface area contributed by atoms with Crippen LogP contribution in [0.25, 0.3) is 0 Å². The van der Waals surface area contributed by atoms with Gasteiger partial charge in [0.2, 0.25) is 0 Å². The quantitative estimate of drug-likeness (QED) is 0.828. The smallest absolute Gasteiger partial charge is 0.417 e. The molecule has 1 heterocycles. The molecule has 0 aliphatic rings. The molecule has 0 saturated carbocycles. The number of hydrogen-bond donors (Lipinski definition) is 2. The highest BCUT2D eigenvalue weighted by Crippen LogP contribution is 2.30. The molecule has 0 atom stereocenters. The van der Waals surface area contributed by atoms with Crippen molar-refractivity contribution in [2.75, 3.05) is 6.54 Å². The lowest BCUT2D eigenvalue weighted by Crippen LogP contribution is -2.32. The van der Waals surface area contributed by atoms with E-state index in [-0.39, 0.29) is 23.7 Å². The number of alkyl halides is 3. The number of carboxylic acids is 1. The van der Waals surface area contributed by atoms with Crippen LogP contribution in [-0.2, 0) is 22.2 Å². The first-order valence-corrected chi connectivity index (χ1v) is 5.32. The van der Waals surface area contributed by atoms with Crippen molar-refractivity contribution in [1.29, 1.82) is 0 Å². The van der Waals surface area contributed by atoms with Crippen molar-refractivity contribution in [3.05, 3.63) is 28.5 Å². The van der Waals surface area contributed by atoms with Crippen LogP contribution in [0.3, 0.4) is 0 Å². The Labute approximate surface area is 110 Å². The van der Waals surface area contributed by atoms with E-state index < -0.39 is 23.6 Å². The number of rotatable bonds is 3. The predicted octanol–water partition coefficient (Wildman–Crippen LogP) is 1.50. The molecule has 1 aromatic heterocycles. The lowest BCUT2D eigenvalue weighted by molar-refractivity contribution is -0.150. The third kappa shape index (κ3) is 4.40. The summed E-state index contributed by atoms with van der Waals surface area (Å²) in [7, 11) is 0. The van der Waals surface area contributed by atoms with Crippen LogP contribution in [0.2, 0.25) is 5.02 Å². The predicted molar refractivity (Wildman–Crippen MR) is 58.6 cm³/mol. The van der Waals surface area contributed by atoms with Gasteiger partial charge in [0.1, 0.15) is 0 Å². The van der Waals surface area contributed by atoms with E-state index in [1.807, 2.05) is 5.32 Å². The summed E-state index contributed by atoms with van der Waals surface area (Å²) in [6.45, 7) is -0.0940. The summed E-state index contributed by atoms with van der Waals surface area (Å²) in [5, 5.41) is 10.1. The van der Waals surface area contributed by atoms with Crippen molar-refractivity contribution in [3.63, 3.8) is 0 Å². The minimum absolute atomic E-state index is 0.0238. The fourth-order valence-electron chi connectivity index (χ4n) is 1.18. The highest BCUT2D eigenvalue weighted by molar-refractivity contribution is 6.31. The van der Waals surface area contributed by atoms with Gasteiger partial charge < -0.3 is 10.4 Å². The Balaban J connectivity index is 2.66. The lowest BCUT2D eigenvalue weighted by Gasteiger charge is -2.09. The normalized spacial score (nSPS) is 11.2. The molecule has 104 valence electrons. The molecule has 0 bridgehead atoms. The number of amides is 1. The van der Waals surface area contributed by atoms with Crippen LogP contribution in [-0.4, -0.2) is 28.5 Å². The molecule has 0 aromatic carbocycles. The molecule has 0 unspecified atom stereocenters. The Bertz CT molecular complexity index is 505. The number of nitrogens with zero attached hydrogens (tertiary/aromatic N) is 1. The third-order valence-corrected chi connectivity index (χ3v) is 2.41. The molecule has 0 saturated heterocycles. The topological polar surface area (TPSA) is 79.3 Å². The average molecular weight is 297 g/mol. The van der Waals surface area contributed by atoms with Gasteiger partial charge in [-0.25, -0.2) is 4.79 Å². The van der Waals surface area contributed by atoms with E-state index in [9.17, 15) is 22.8 Å². The van der Waals surface area contributed by atoms with Crippen LogP contribution in [0.15, 0.2) is 12.3 Å². The Morgan fingerprint density at radius 3 is 2.53 bits per heavy atom. The van der Waals surface area contributed by atoms with Gasteiger partial charge in [-0.05, 0) is 6.07 Å². The van der Waals surface area contributed by atoms with Crippen molar-refractivity contribution >= 4 is 23.5 Å². The van der Waals surface area contributed by atoms with Gasteiger partial charge in [0.05, 0.1) is 16.3 Å². The fraction of sp³-hybridized carbons (Fsp3) is 0.300. The molecule has 0 radical (unpaired) electrons. The average Bonchev–Trinajstić information content (AvgIpc) is 2.29. The number of nitrogens with one attached hydrogen (secondary N) is 1. The van der Waals surface area contributed by atoms with E-state index in [1.54, 1.807) is 0 Å². The lowest BCUT2D eigenvalue weighted by atomic mass is 10.2. The Kier molecular flexibility index (Phi) is 4.71. The molecule has 0 aliphatic heterocycles. The molecule has 19 heavy (non-hydrogen) atoms. The van der Waals surface area contributed by atoms with Gasteiger partial charge in [-0.2, -0.15) is 13.2 Å². The number of carboxylic acid groups (broad SMARTS) is 1. The van der Waals surface area contributed by atoms with Crippen LogP contribution < -0.4 is 5.32 Å². The van der Waals surface area contributed by atoms with Crippen molar-refractivity contribution in [2.24, 2.45) is 0 Å². The van der Waals surface area contributed by atoms with Crippen molar-refractivity contribution in [1.82, 2.24) is 10.3 Å². The molecule has 0 fully saturated rings. The minimum atomic E-state index is -4.54. The van der Waals surface area contributed by atoms with E-state index in [2.05, 4.69) is 4.98 Å². The first-order chi connectivity index (χ1) is 8.71. The van der Waals surface area contributed by atoms with Crippen molar-refractivity contribution < 1.29 is 27.9 Å². The van der Waals surface area contributed by atoms with Gasteiger partial charge >= 0.3 is 18.1 Å². The van der Waals surface area contributed by atoms with E-state index in [1.165, 1.54) is 0 Å². The molecule has 1 rings (SSSR count). The van der Waals surface area contributed by atoms with Gasteiger partial charge in [0, 0.05) is 19.2 Å². The summed E-state index contributed by atoms with van der Waals surface area (Å²) in [6.07, 6.45) is -3.89. The second-order valence-corrected chi connectivity index (χ2v) is 3.87. The van der Waals surface area contributed by atoms with Gasteiger partial charge in [-0.3, -0.25) is 9.78 Å². The highest BCUT2D eigenvalue weighted by atomic mass is 35.5. The van der Waals surface area contributed by atoms with Gasteiger partial charge in [0.25, 0.3) is 0 Å². The largest absolute Gasteiger partial charge is 0.474 e. The zero-order valence-electron chi connectivity index (χ0n) is 9.29. The Morgan fingerprint density at radius 1 is 1.42 bits per heavy atom. The number of carbonyl (C=O) groups excluding carboxylic acids is 1. The van der Waals surface area contributed by atoms with E-state index in [0.29, 0.717) is 6.20 Å². The first-order valence-electron chi connectivity index (χ1n) is 4.94. The minimum Gasteiger partial charge on any atom is -0.474 e. The highest BCUT2D eigenvalue weighted by Gasteiger charge is 2.31. The second kappa shape index (κ2) is 5.87. The van der Waals surface area contributed by atoms with E-state index in [4.69, 9.17) is 16.7 Å². The molecule has 0 spiro atoms. The van der Waals surface area contributed by atoms with Crippen molar-refractivity contribution in [3.8, 4) is 0 Å². The number of carbonyl (C=O) groups is 2. The summed E-state index contributed by atoms with van der Waals surface area (Å²) in [6, 6.07) is 0.725. The monoisotopic (exact) mass is 296 g/mol. The van der Waals surface area contributed by atoms with Gasteiger partial charge in [-0.15, -0.1) is 0 Å². The molecule has 1 amide bonds.